The smallest absolute Gasteiger partial charge is 0.254 e. The molecule has 2 atom stereocenters. The number of epoxide rings is 1. The molecule has 4 heteroatoms. The molecule has 0 radical (unpaired) electrons. The number of nitrogens with zero attached hydrogens (tertiary/aromatic N) is 2. The van der Waals surface area contributed by atoms with Crippen LogP contribution in [0.3, 0.4) is 0 Å². The summed E-state index contributed by atoms with van der Waals surface area (Å²) in [4.78, 5) is 16.4. The zero-order chi connectivity index (χ0) is 12.5. The molecule has 0 aliphatic carbocycles. The Morgan fingerprint density at radius 2 is 1.83 bits per heavy atom. The van der Waals surface area contributed by atoms with Gasteiger partial charge in [0.15, 0.2) is 6.10 Å². The summed E-state index contributed by atoms with van der Waals surface area (Å²) >= 11 is 0. The number of likely N-dealkylation sites (N-methyl/N-ethyl adjacent to an activating group) is 1. The molecule has 0 spiro atoms. The van der Waals surface area contributed by atoms with E-state index in [4.69, 9.17) is 4.74 Å². The van der Waals surface area contributed by atoms with E-state index < -0.39 is 0 Å². The minimum absolute atomic E-state index is 0.0293. The minimum Gasteiger partial charge on any atom is -0.354 e. The van der Waals surface area contributed by atoms with Gasteiger partial charge in [0.2, 0.25) is 0 Å². The van der Waals surface area contributed by atoms with Gasteiger partial charge in [-0.25, -0.2) is 0 Å². The lowest BCUT2D eigenvalue weighted by Gasteiger charge is -2.32. The Bertz CT molecular complexity index is 427. The van der Waals surface area contributed by atoms with Crippen LogP contribution in [-0.4, -0.2) is 55.0 Å². The van der Waals surface area contributed by atoms with Crippen molar-refractivity contribution < 1.29 is 9.53 Å². The van der Waals surface area contributed by atoms with Gasteiger partial charge >= 0.3 is 0 Å². The zero-order valence-electron chi connectivity index (χ0n) is 10.6. The van der Waals surface area contributed by atoms with Crippen molar-refractivity contribution >= 4 is 5.91 Å². The fourth-order valence-electron chi connectivity index (χ4n) is 2.40. The molecule has 4 nitrogen and oxygen atoms in total. The Labute approximate surface area is 107 Å². The Hall–Kier alpha value is -1.39. The SMILES string of the molecule is CN1CCN(C(=O)[C@@H]2O[C@@H]2c2ccccc2)CC1. The first kappa shape index (κ1) is 11.7. The summed E-state index contributed by atoms with van der Waals surface area (Å²) in [6.45, 7) is 3.54. The Morgan fingerprint density at radius 1 is 1.17 bits per heavy atom. The van der Waals surface area contributed by atoms with Crippen LogP contribution in [-0.2, 0) is 9.53 Å². The van der Waals surface area contributed by atoms with Crippen LogP contribution in [0.15, 0.2) is 30.3 Å². The number of benzene rings is 1. The summed E-state index contributed by atoms with van der Waals surface area (Å²) in [7, 11) is 2.09. The minimum atomic E-state index is -0.254. The Morgan fingerprint density at radius 3 is 2.50 bits per heavy atom. The highest BCUT2D eigenvalue weighted by Crippen LogP contribution is 2.39. The number of piperazine rings is 1. The van der Waals surface area contributed by atoms with Crippen molar-refractivity contribution in [3.05, 3.63) is 35.9 Å². The predicted molar refractivity (Wildman–Crippen MR) is 68.1 cm³/mol. The molecule has 3 rings (SSSR count). The lowest BCUT2D eigenvalue weighted by atomic mass is 10.1. The largest absolute Gasteiger partial charge is 0.354 e. The van der Waals surface area contributed by atoms with Crippen LogP contribution in [0.5, 0.6) is 0 Å². The zero-order valence-corrected chi connectivity index (χ0v) is 10.6. The quantitative estimate of drug-likeness (QED) is 0.727. The van der Waals surface area contributed by atoms with Gasteiger partial charge in [0, 0.05) is 26.2 Å². The average molecular weight is 246 g/mol. The van der Waals surface area contributed by atoms with Gasteiger partial charge < -0.3 is 14.5 Å². The second-order valence-electron chi connectivity index (χ2n) is 5.02. The van der Waals surface area contributed by atoms with Gasteiger partial charge in [0.05, 0.1) is 0 Å². The van der Waals surface area contributed by atoms with Crippen LogP contribution in [0.25, 0.3) is 0 Å². The first-order valence-corrected chi connectivity index (χ1v) is 6.43. The van der Waals surface area contributed by atoms with E-state index in [9.17, 15) is 4.79 Å². The van der Waals surface area contributed by atoms with E-state index in [0.29, 0.717) is 0 Å². The maximum absolute atomic E-state index is 12.2. The van der Waals surface area contributed by atoms with Crippen molar-refractivity contribution in [1.29, 1.82) is 0 Å². The molecule has 2 heterocycles. The van der Waals surface area contributed by atoms with E-state index in [1.165, 1.54) is 0 Å². The molecule has 1 aromatic carbocycles. The third-order valence-corrected chi connectivity index (χ3v) is 3.68. The number of amides is 1. The lowest BCUT2D eigenvalue weighted by molar-refractivity contribution is -0.134. The molecule has 2 fully saturated rings. The average Bonchev–Trinajstić information content (AvgIpc) is 3.20. The second kappa shape index (κ2) is 4.71. The van der Waals surface area contributed by atoms with Crippen molar-refractivity contribution in [2.75, 3.05) is 33.2 Å². The van der Waals surface area contributed by atoms with Gasteiger partial charge in [-0.3, -0.25) is 4.79 Å². The summed E-state index contributed by atoms with van der Waals surface area (Å²) in [5.41, 5.74) is 1.10. The molecule has 96 valence electrons. The van der Waals surface area contributed by atoms with E-state index in [1.807, 2.05) is 35.2 Å². The second-order valence-corrected chi connectivity index (χ2v) is 5.02. The van der Waals surface area contributed by atoms with Gasteiger partial charge in [0.1, 0.15) is 6.10 Å². The molecule has 0 N–H and O–H groups in total. The van der Waals surface area contributed by atoms with Crippen LogP contribution in [0.2, 0.25) is 0 Å². The van der Waals surface area contributed by atoms with Crippen molar-refractivity contribution in [1.82, 2.24) is 9.80 Å². The highest BCUT2D eigenvalue weighted by atomic mass is 16.6. The van der Waals surface area contributed by atoms with Crippen LogP contribution < -0.4 is 0 Å². The molecule has 0 saturated carbocycles. The highest BCUT2D eigenvalue weighted by molar-refractivity contribution is 5.84. The Kier molecular flexibility index (Phi) is 3.06. The van der Waals surface area contributed by atoms with Gasteiger partial charge in [-0.15, -0.1) is 0 Å². The maximum Gasteiger partial charge on any atom is 0.254 e. The van der Waals surface area contributed by atoms with Gasteiger partial charge in [0.25, 0.3) is 5.91 Å². The van der Waals surface area contributed by atoms with E-state index in [0.717, 1.165) is 31.7 Å². The molecule has 1 amide bonds. The molecule has 0 aromatic heterocycles. The molecule has 2 aliphatic heterocycles. The van der Waals surface area contributed by atoms with Crippen LogP contribution in [0, 0.1) is 0 Å². The maximum atomic E-state index is 12.2. The summed E-state index contributed by atoms with van der Waals surface area (Å²) in [5, 5.41) is 0. The first-order chi connectivity index (χ1) is 8.75. The molecule has 2 aliphatic rings. The highest BCUT2D eigenvalue weighted by Gasteiger charge is 2.47. The fraction of sp³-hybridized carbons (Fsp3) is 0.500. The lowest BCUT2D eigenvalue weighted by Crippen LogP contribution is -2.48. The monoisotopic (exact) mass is 246 g/mol. The molecule has 0 unspecified atom stereocenters. The van der Waals surface area contributed by atoms with E-state index in [2.05, 4.69) is 11.9 Å². The van der Waals surface area contributed by atoms with Crippen molar-refractivity contribution in [3.8, 4) is 0 Å². The Balaban J connectivity index is 1.59. The number of carbonyl (C=O) groups excluding carboxylic acids is 1. The van der Waals surface area contributed by atoms with Gasteiger partial charge in [-0.1, -0.05) is 30.3 Å². The van der Waals surface area contributed by atoms with Crippen LogP contribution in [0.4, 0.5) is 0 Å². The third-order valence-electron chi connectivity index (χ3n) is 3.68. The number of hydrogen-bond acceptors (Lipinski definition) is 3. The number of carbonyl (C=O) groups is 1. The fourth-order valence-corrected chi connectivity index (χ4v) is 2.40. The molecule has 0 bridgehead atoms. The topological polar surface area (TPSA) is 36.1 Å². The normalized spacial score (nSPS) is 28.2. The van der Waals surface area contributed by atoms with Gasteiger partial charge in [-0.05, 0) is 12.6 Å². The number of ether oxygens (including phenoxy) is 1. The number of rotatable bonds is 2. The molecule has 2 saturated heterocycles. The predicted octanol–water partition coefficient (Wildman–Crippen LogP) is 0.900. The van der Waals surface area contributed by atoms with E-state index >= 15 is 0 Å². The third kappa shape index (κ3) is 2.26. The molecular formula is C14H18N2O2. The first-order valence-electron chi connectivity index (χ1n) is 6.43. The van der Waals surface area contributed by atoms with E-state index in [1.54, 1.807) is 0 Å². The summed E-state index contributed by atoms with van der Waals surface area (Å²) < 4.78 is 5.54. The van der Waals surface area contributed by atoms with Crippen molar-refractivity contribution in [3.63, 3.8) is 0 Å². The van der Waals surface area contributed by atoms with Gasteiger partial charge in [-0.2, -0.15) is 0 Å². The standard InChI is InChI=1S/C14H18N2O2/c1-15-7-9-16(10-8-15)14(17)13-12(18-13)11-5-3-2-4-6-11/h2-6,12-13H,7-10H2,1H3/t12-,13-/m1/s1. The number of hydrogen-bond donors (Lipinski definition) is 0. The van der Waals surface area contributed by atoms with Crippen molar-refractivity contribution in [2.45, 2.75) is 12.2 Å². The van der Waals surface area contributed by atoms with Crippen LogP contribution in [0.1, 0.15) is 11.7 Å². The molecular weight excluding hydrogens is 228 g/mol. The summed E-state index contributed by atoms with van der Waals surface area (Å²) in [5.74, 6) is 0.150. The summed E-state index contributed by atoms with van der Waals surface area (Å²) in [6.07, 6.45) is -0.283. The van der Waals surface area contributed by atoms with E-state index in [-0.39, 0.29) is 18.1 Å². The van der Waals surface area contributed by atoms with Crippen LogP contribution >= 0.6 is 0 Å². The van der Waals surface area contributed by atoms with Crippen molar-refractivity contribution in [2.24, 2.45) is 0 Å². The summed E-state index contributed by atoms with van der Waals surface area (Å²) in [6, 6.07) is 9.97. The molecule has 18 heavy (non-hydrogen) atoms. The molecule has 1 aromatic rings.